The zero-order valence-corrected chi connectivity index (χ0v) is 16.7. The molecule has 30 heavy (non-hydrogen) atoms. The maximum Gasteiger partial charge on any atom is 0.295 e. The second-order valence-corrected chi connectivity index (χ2v) is 7.42. The molecule has 1 N–H and O–H groups in total. The van der Waals surface area contributed by atoms with Crippen LogP contribution in [0.3, 0.4) is 0 Å². The van der Waals surface area contributed by atoms with Crippen LogP contribution in [-0.2, 0) is 16.1 Å². The molecule has 2 heterocycles. The summed E-state index contributed by atoms with van der Waals surface area (Å²) in [6.45, 7) is 3.03. The molecule has 0 aliphatic carbocycles. The Morgan fingerprint density at radius 1 is 1.03 bits per heavy atom. The number of amides is 1. The first kappa shape index (κ1) is 19.6. The first-order valence-corrected chi connectivity index (χ1v) is 9.92. The fraction of sp³-hybridized carbons (Fsp3) is 0.208. The maximum absolute atomic E-state index is 12.9. The molecule has 3 aromatic rings. The fourth-order valence-corrected chi connectivity index (χ4v) is 3.80. The van der Waals surface area contributed by atoms with Crippen molar-refractivity contribution in [3.63, 3.8) is 0 Å². The van der Waals surface area contributed by atoms with Crippen molar-refractivity contribution in [3.8, 4) is 0 Å². The molecular weight excluding hydrogens is 378 g/mol. The molecule has 152 valence electrons. The Hall–Kier alpha value is -3.67. The molecule has 1 aliphatic rings. The molecule has 4 rings (SSSR count). The van der Waals surface area contributed by atoms with Crippen molar-refractivity contribution in [2.45, 2.75) is 25.9 Å². The zero-order valence-electron chi connectivity index (χ0n) is 16.7. The number of rotatable bonds is 6. The second-order valence-electron chi connectivity index (χ2n) is 7.42. The van der Waals surface area contributed by atoms with Crippen LogP contribution in [0.1, 0.15) is 29.2 Å². The van der Waals surface area contributed by atoms with Crippen molar-refractivity contribution in [1.29, 1.82) is 0 Å². The smallest absolute Gasteiger partial charge is 0.295 e. The topological polar surface area (TPSA) is 75.4 Å². The Kier molecular flexibility index (Phi) is 5.48. The highest BCUT2D eigenvalue weighted by molar-refractivity contribution is 6.46. The number of aliphatic hydroxyl groups excluding tert-OH is 1. The predicted octanol–water partition coefficient (Wildman–Crippen LogP) is 3.70. The first-order valence-electron chi connectivity index (χ1n) is 9.92. The molecule has 6 heteroatoms. The van der Waals surface area contributed by atoms with Gasteiger partial charge in [-0.2, -0.15) is 0 Å². The van der Waals surface area contributed by atoms with Crippen LogP contribution in [0.25, 0.3) is 5.76 Å². The highest BCUT2D eigenvalue weighted by atomic mass is 16.3. The standard InChI is InChI=1S/C24H23N3O3/c1-17-8-10-19(11-9-17)22(28)20-21(18-6-3-2-4-7-18)27(24(30)23(20)29)14-5-13-26-15-12-25-16-26/h2-4,6-12,15-16,21,28H,5,13-14H2,1H3/b22-20+/t21-/m0/s1. The highest BCUT2D eigenvalue weighted by Crippen LogP contribution is 2.39. The number of hydrogen-bond acceptors (Lipinski definition) is 4. The molecule has 0 spiro atoms. The van der Waals surface area contributed by atoms with Gasteiger partial charge in [-0.1, -0.05) is 60.2 Å². The quantitative estimate of drug-likeness (QED) is 0.388. The third-order valence-electron chi connectivity index (χ3n) is 5.35. The van der Waals surface area contributed by atoms with Crippen LogP contribution in [0.5, 0.6) is 0 Å². The number of carbonyl (C=O) groups excluding carboxylic acids is 2. The van der Waals surface area contributed by atoms with E-state index in [1.807, 2.05) is 60.2 Å². The van der Waals surface area contributed by atoms with E-state index in [1.165, 1.54) is 0 Å². The molecule has 0 saturated carbocycles. The van der Waals surface area contributed by atoms with Gasteiger partial charge in [0.2, 0.25) is 0 Å². The number of carbonyl (C=O) groups is 2. The number of Topliss-reactive ketones (excluding diaryl/α,β-unsaturated/α-hetero) is 1. The monoisotopic (exact) mass is 401 g/mol. The lowest BCUT2D eigenvalue weighted by atomic mass is 9.95. The zero-order chi connectivity index (χ0) is 21.1. The minimum Gasteiger partial charge on any atom is -0.507 e. The largest absolute Gasteiger partial charge is 0.507 e. The number of imidazole rings is 1. The minimum atomic E-state index is -0.649. The molecule has 0 radical (unpaired) electrons. The van der Waals surface area contributed by atoms with Crippen molar-refractivity contribution < 1.29 is 14.7 Å². The maximum atomic E-state index is 12.9. The molecule has 6 nitrogen and oxygen atoms in total. The van der Waals surface area contributed by atoms with Gasteiger partial charge in [-0.05, 0) is 18.9 Å². The fourth-order valence-electron chi connectivity index (χ4n) is 3.80. The number of aromatic nitrogens is 2. The van der Waals surface area contributed by atoms with Crippen LogP contribution in [0.15, 0.2) is 78.9 Å². The number of aliphatic hydroxyl groups is 1. The Balaban J connectivity index is 1.71. The minimum absolute atomic E-state index is 0.137. The van der Waals surface area contributed by atoms with Gasteiger partial charge in [0.25, 0.3) is 11.7 Å². The number of aryl methyl sites for hydroxylation is 2. The number of ketones is 1. The molecule has 1 saturated heterocycles. The van der Waals surface area contributed by atoms with Gasteiger partial charge in [0.1, 0.15) is 5.76 Å². The van der Waals surface area contributed by atoms with Crippen molar-refractivity contribution >= 4 is 17.4 Å². The van der Waals surface area contributed by atoms with Crippen LogP contribution < -0.4 is 0 Å². The third-order valence-corrected chi connectivity index (χ3v) is 5.35. The molecule has 0 bridgehead atoms. The predicted molar refractivity (Wildman–Crippen MR) is 113 cm³/mol. The normalized spacial score (nSPS) is 18.2. The van der Waals surface area contributed by atoms with E-state index in [0.717, 1.165) is 11.1 Å². The number of hydrogen-bond donors (Lipinski definition) is 1. The molecule has 1 aromatic heterocycles. The lowest BCUT2D eigenvalue weighted by molar-refractivity contribution is -0.139. The van der Waals surface area contributed by atoms with E-state index in [0.29, 0.717) is 25.1 Å². The van der Waals surface area contributed by atoms with E-state index >= 15 is 0 Å². The van der Waals surface area contributed by atoms with Crippen LogP contribution in [0.4, 0.5) is 0 Å². The highest BCUT2D eigenvalue weighted by Gasteiger charge is 2.45. The van der Waals surface area contributed by atoms with E-state index in [4.69, 9.17) is 0 Å². The van der Waals surface area contributed by atoms with E-state index in [2.05, 4.69) is 4.98 Å². The molecule has 1 fully saturated rings. The summed E-state index contributed by atoms with van der Waals surface area (Å²) in [5.41, 5.74) is 2.51. The Morgan fingerprint density at radius 2 is 1.77 bits per heavy atom. The van der Waals surface area contributed by atoms with Gasteiger partial charge in [0.15, 0.2) is 0 Å². The van der Waals surface area contributed by atoms with Gasteiger partial charge >= 0.3 is 0 Å². The summed E-state index contributed by atoms with van der Waals surface area (Å²) in [5.74, 6) is -1.37. The van der Waals surface area contributed by atoms with Crippen molar-refractivity contribution in [1.82, 2.24) is 14.5 Å². The summed E-state index contributed by atoms with van der Waals surface area (Å²) < 4.78 is 1.93. The SMILES string of the molecule is Cc1ccc(/C(O)=C2\C(=O)C(=O)N(CCCn3ccnc3)[C@H]2c2ccccc2)cc1. The molecule has 2 aromatic carbocycles. The number of likely N-dealkylation sites (tertiary alicyclic amines) is 1. The van der Waals surface area contributed by atoms with Gasteiger partial charge in [0.05, 0.1) is 17.9 Å². The van der Waals surface area contributed by atoms with Gasteiger partial charge < -0.3 is 14.6 Å². The van der Waals surface area contributed by atoms with Crippen molar-refractivity contribution in [2.24, 2.45) is 0 Å². The Labute approximate surface area is 175 Å². The van der Waals surface area contributed by atoms with Gasteiger partial charge in [-0.3, -0.25) is 9.59 Å². The van der Waals surface area contributed by atoms with Gasteiger partial charge in [0, 0.05) is 31.0 Å². The summed E-state index contributed by atoms with van der Waals surface area (Å²) in [5, 5.41) is 11.0. The van der Waals surface area contributed by atoms with Crippen LogP contribution in [0, 0.1) is 6.92 Å². The Bertz CT molecular complexity index is 1070. The molecule has 1 atom stereocenters. The van der Waals surface area contributed by atoms with E-state index in [9.17, 15) is 14.7 Å². The third kappa shape index (κ3) is 3.76. The average molecular weight is 401 g/mol. The van der Waals surface area contributed by atoms with Gasteiger partial charge in [-0.25, -0.2) is 4.98 Å². The summed E-state index contributed by atoms with van der Waals surface area (Å²) >= 11 is 0. The van der Waals surface area contributed by atoms with Gasteiger partial charge in [-0.15, -0.1) is 0 Å². The number of benzene rings is 2. The van der Waals surface area contributed by atoms with E-state index in [-0.39, 0.29) is 11.3 Å². The molecule has 0 unspecified atom stereocenters. The first-order chi connectivity index (χ1) is 14.6. The summed E-state index contributed by atoms with van der Waals surface area (Å²) in [6.07, 6.45) is 5.95. The molecular formula is C24H23N3O3. The lowest BCUT2D eigenvalue weighted by Crippen LogP contribution is -2.31. The van der Waals surface area contributed by atoms with Crippen molar-refractivity contribution in [3.05, 3.63) is 95.6 Å². The molecule has 1 aliphatic heterocycles. The number of nitrogens with zero attached hydrogens (tertiary/aromatic N) is 3. The lowest BCUT2D eigenvalue weighted by Gasteiger charge is -2.25. The van der Waals surface area contributed by atoms with Crippen LogP contribution >= 0.6 is 0 Å². The summed E-state index contributed by atoms with van der Waals surface area (Å²) in [6, 6.07) is 16.0. The van der Waals surface area contributed by atoms with Crippen LogP contribution in [-0.4, -0.2) is 37.8 Å². The van der Waals surface area contributed by atoms with Crippen LogP contribution in [0.2, 0.25) is 0 Å². The molecule has 1 amide bonds. The van der Waals surface area contributed by atoms with E-state index < -0.39 is 17.7 Å². The Morgan fingerprint density at radius 3 is 2.43 bits per heavy atom. The van der Waals surface area contributed by atoms with Crippen molar-refractivity contribution in [2.75, 3.05) is 6.54 Å². The van der Waals surface area contributed by atoms with E-state index in [1.54, 1.807) is 29.6 Å². The summed E-state index contributed by atoms with van der Waals surface area (Å²) in [4.78, 5) is 31.4. The second kappa shape index (κ2) is 8.37. The average Bonchev–Trinajstić information content (AvgIpc) is 3.37. The summed E-state index contributed by atoms with van der Waals surface area (Å²) in [7, 11) is 0.